The first kappa shape index (κ1) is 17.6. The molecular formula is C21H20N4O. The molecule has 0 aliphatic heterocycles. The summed E-state index contributed by atoms with van der Waals surface area (Å²) in [6, 6.07) is 17.5. The van der Waals surface area contributed by atoms with Crippen LogP contribution in [0.3, 0.4) is 0 Å². The van der Waals surface area contributed by atoms with E-state index < -0.39 is 0 Å². The number of pyridine rings is 3. The van der Waals surface area contributed by atoms with Crippen LogP contribution < -0.4 is 4.74 Å². The van der Waals surface area contributed by atoms with Gasteiger partial charge in [0.2, 0.25) is 0 Å². The Morgan fingerprint density at radius 3 is 2.00 bits per heavy atom. The van der Waals surface area contributed by atoms with Crippen molar-refractivity contribution in [2.75, 3.05) is 6.61 Å². The third-order valence-corrected chi connectivity index (χ3v) is 3.86. The maximum Gasteiger partial charge on any atom is 0.123 e. The zero-order valence-corrected chi connectivity index (χ0v) is 14.5. The van der Waals surface area contributed by atoms with Crippen molar-refractivity contribution in [1.29, 1.82) is 5.26 Å². The molecule has 3 aromatic rings. The minimum Gasteiger partial charge on any atom is -0.493 e. The van der Waals surface area contributed by atoms with Crippen LogP contribution in [0.4, 0.5) is 0 Å². The minimum atomic E-state index is 0.600. The van der Waals surface area contributed by atoms with Gasteiger partial charge < -0.3 is 4.74 Å². The molecule has 0 fully saturated rings. The summed E-state index contributed by atoms with van der Waals surface area (Å²) in [5.41, 5.74) is 3.11. The van der Waals surface area contributed by atoms with Gasteiger partial charge in [-0.2, -0.15) is 5.26 Å². The Morgan fingerprint density at radius 2 is 1.46 bits per heavy atom. The average Bonchev–Trinajstić information content (AvgIpc) is 2.72. The van der Waals surface area contributed by atoms with Crippen LogP contribution in [-0.4, -0.2) is 21.6 Å². The van der Waals surface area contributed by atoms with Gasteiger partial charge in [-0.3, -0.25) is 9.97 Å². The van der Waals surface area contributed by atoms with E-state index in [2.05, 4.69) is 16.0 Å². The van der Waals surface area contributed by atoms with Gasteiger partial charge in [-0.25, -0.2) is 4.98 Å². The lowest BCUT2D eigenvalue weighted by Gasteiger charge is -2.10. The van der Waals surface area contributed by atoms with E-state index in [1.165, 1.54) is 0 Å². The number of ether oxygens (including phenoxy) is 1. The van der Waals surface area contributed by atoms with Crippen LogP contribution in [0.25, 0.3) is 22.8 Å². The largest absolute Gasteiger partial charge is 0.493 e. The van der Waals surface area contributed by atoms with Crippen molar-refractivity contribution in [3.05, 3.63) is 60.9 Å². The molecule has 0 unspecified atom stereocenters. The molecule has 0 bridgehead atoms. The lowest BCUT2D eigenvalue weighted by Crippen LogP contribution is -2.00. The molecule has 0 atom stereocenters. The van der Waals surface area contributed by atoms with Crippen LogP contribution in [-0.2, 0) is 0 Å². The van der Waals surface area contributed by atoms with Crippen LogP contribution >= 0.6 is 0 Å². The molecule has 0 aliphatic carbocycles. The summed E-state index contributed by atoms with van der Waals surface area (Å²) in [5.74, 6) is 0.751. The summed E-state index contributed by atoms with van der Waals surface area (Å²) in [7, 11) is 0. The highest BCUT2D eigenvalue weighted by Gasteiger charge is 2.09. The van der Waals surface area contributed by atoms with Gasteiger partial charge in [-0.15, -0.1) is 0 Å². The highest BCUT2D eigenvalue weighted by atomic mass is 16.5. The fourth-order valence-corrected chi connectivity index (χ4v) is 2.55. The Morgan fingerprint density at radius 1 is 0.808 bits per heavy atom. The standard InChI is InChI=1S/C21H20N4O/c22-11-5-1-2-8-14-26-17-15-20(18-9-3-6-12-23-18)25-21(16-17)19-10-4-7-13-24-19/h3-4,6-7,9-10,12-13,15-16H,1-2,5,8,14H2. The molecule has 3 aromatic heterocycles. The van der Waals surface area contributed by atoms with Crippen molar-refractivity contribution in [2.45, 2.75) is 25.7 Å². The topological polar surface area (TPSA) is 71.7 Å². The molecule has 0 radical (unpaired) electrons. The van der Waals surface area contributed by atoms with Gasteiger partial charge >= 0.3 is 0 Å². The molecule has 26 heavy (non-hydrogen) atoms. The van der Waals surface area contributed by atoms with Crippen molar-refractivity contribution < 1.29 is 4.74 Å². The number of hydrogen-bond acceptors (Lipinski definition) is 5. The minimum absolute atomic E-state index is 0.600. The maximum absolute atomic E-state index is 8.58. The van der Waals surface area contributed by atoms with Gasteiger partial charge in [0.25, 0.3) is 0 Å². The number of hydrogen-bond donors (Lipinski definition) is 0. The molecule has 5 heteroatoms. The molecule has 0 spiro atoms. The lowest BCUT2D eigenvalue weighted by atomic mass is 10.2. The molecule has 5 nitrogen and oxygen atoms in total. The van der Waals surface area contributed by atoms with Gasteiger partial charge in [-0.1, -0.05) is 12.1 Å². The van der Waals surface area contributed by atoms with Crippen LogP contribution in [0.2, 0.25) is 0 Å². The van der Waals surface area contributed by atoms with Crippen molar-refractivity contribution in [3.8, 4) is 34.6 Å². The van der Waals surface area contributed by atoms with Crippen LogP contribution in [0.5, 0.6) is 5.75 Å². The monoisotopic (exact) mass is 344 g/mol. The second kappa shape index (κ2) is 9.28. The number of nitrogens with zero attached hydrogens (tertiary/aromatic N) is 4. The van der Waals surface area contributed by atoms with Crippen molar-refractivity contribution >= 4 is 0 Å². The first-order chi connectivity index (χ1) is 12.9. The number of aromatic nitrogens is 3. The summed E-state index contributed by atoms with van der Waals surface area (Å²) < 4.78 is 5.93. The number of rotatable bonds is 8. The van der Waals surface area contributed by atoms with Crippen molar-refractivity contribution in [1.82, 2.24) is 15.0 Å². The van der Waals surface area contributed by atoms with Crippen LogP contribution in [0.1, 0.15) is 25.7 Å². The second-order valence-electron chi connectivity index (χ2n) is 5.82. The van der Waals surface area contributed by atoms with E-state index in [4.69, 9.17) is 15.0 Å². The Balaban J connectivity index is 1.81. The maximum atomic E-state index is 8.58. The molecule has 0 aromatic carbocycles. The van der Waals surface area contributed by atoms with Gasteiger partial charge in [0, 0.05) is 30.9 Å². The fraction of sp³-hybridized carbons (Fsp3) is 0.238. The summed E-state index contributed by atoms with van der Waals surface area (Å²) in [5, 5.41) is 8.58. The number of nitriles is 1. The quantitative estimate of drug-likeness (QED) is 0.555. The predicted molar refractivity (Wildman–Crippen MR) is 100 cm³/mol. The molecule has 0 aliphatic rings. The highest BCUT2D eigenvalue weighted by molar-refractivity contribution is 5.64. The smallest absolute Gasteiger partial charge is 0.123 e. The second-order valence-corrected chi connectivity index (χ2v) is 5.82. The third kappa shape index (κ3) is 4.87. The molecule has 0 N–H and O–H groups in total. The van der Waals surface area contributed by atoms with Crippen LogP contribution in [0.15, 0.2) is 60.9 Å². The van der Waals surface area contributed by atoms with Crippen molar-refractivity contribution in [2.24, 2.45) is 0 Å². The van der Waals surface area contributed by atoms with E-state index in [1.807, 2.05) is 48.5 Å². The summed E-state index contributed by atoms with van der Waals surface area (Å²) in [6.45, 7) is 0.610. The summed E-state index contributed by atoms with van der Waals surface area (Å²) in [6.07, 6.45) is 6.92. The Labute approximate surface area is 153 Å². The van der Waals surface area contributed by atoms with Crippen molar-refractivity contribution in [3.63, 3.8) is 0 Å². The van der Waals surface area contributed by atoms with E-state index in [0.29, 0.717) is 13.0 Å². The first-order valence-electron chi connectivity index (χ1n) is 8.71. The lowest BCUT2D eigenvalue weighted by molar-refractivity contribution is 0.305. The Kier molecular flexibility index (Phi) is 6.27. The third-order valence-electron chi connectivity index (χ3n) is 3.86. The van der Waals surface area contributed by atoms with E-state index >= 15 is 0 Å². The zero-order chi connectivity index (χ0) is 18.0. The average molecular weight is 344 g/mol. The molecule has 0 saturated carbocycles. The normalized spacial score (nSPS) is 10.3. The molecular weight excluding hydrogens is 324 g/mol. The van der Waals surface area contributed by atoms with Gasteiger partial charge in [0.1, 0.15) is 5.75 Å². The predicted octanol–water partition coefficient (Wildman–Crippen LogP) is 4.67. The molecule has 0 saturated heterocycles. The fourth-order valence-electron chi connectivity index (χ4n) is 2.55. The molecule has 3 rings (SSSR count). The number of unbranched alkanes of at least 4 members (excludes halogenated alkanes) is 3. The van der Waals surface area contributed by atoms with Gasteiger partial charge in [-0.05, 0) is 43.5 Å². The van der Waals surface area contributed by atoms with E-state index in [1.54, 1.807) is 12.4 Å². The summed E-state index contributed by atoms with van der Waals surface area (Å²) in [4.78, 5) is 13.5. The zero-order valence-electron chi connectivity index (χ0n) is 14.5. The van der Waals surface area contributed by atoms with Gasteiger partial charge in [0.15, 0.2) is 0 Å². The highest BCUT2D eigenvalue weighted by Crippen LogP contribution is 2.26. The first-order valence-corrected chi connectivity index (χ1v) is 8.71. The SMILES string of the molecule is N#CCCCCCOc1cc(-c2ccccn2)nc(-c2ccccn2)c1. The Hall–Kier alpha value is -3.26. The molecule has 130 valence electrons. The summed E-state index contributed by atoms with van der Waals surface area (Å²) >= 11 is 0. The molecule has 0 amide bonds. The van der Waals surface area contributed by atoms with E-state index in [9.17, 15) is 0 Å². The Bertz CT molecular complexity index is 802. The molecule has 3 heterocycles. The van der Waals surface area contributed by atoms with E-state index in [0.717, 1.165) is 47.8 Å². The van der Waals surface area contributed by atoms with Gasteiger partial charge in [0.05, 0.1) is 35.5 Å². The van der Waals surface area contributed by atoms with E-state index in [-0.39, 0.29) is 0 Å². The van der Waals surface area contributed by atoms with Crippen LogP contribution in [0, 0.1) is 11.3 Å².